The van der Waals surface area contributed by atoms with Crippen molar-refractivity contribution in [3.8, 4) is 0 Å². The van der Waals surface area contributed by atoms with Crippen LogP contribution in [0.25, 0.3) is 10.8 Å². The van der Waals surface area contributed by atoms with Crippen LogP contribution in [0, 0.1) is 0 Å². The molecule has 0 bridgehead atoms. The van der Waals surface area contributed by atoms with Gasteiger partial charge in [-0.25, -0.2) is 9.59 Å². The number of urea groups is 1. The summed E-state index contributed by atoms with van der Waals surface area (Å²) in [7, 11) is 0. The van der Waals surface area contributed by atoms with Crippen molar-refractivity contribution in [2.24, 2.45) is 0 Å². The fourth-order valence-corrected chi connectivity index (χ4v) is 4.94. The molecule has 2 aliphatic heterocycles. The third kappa shape index (κ3) is 4.52. The van der Waals surface area contributed by atoms with Gasteiger partial charge < -0.3 is 24.8 Å². The van der Waals surface area contributed by atoms with Crippen LogP contribution in [-0.4, -0.2) is 55.7 Å². The largest absolute Gasteiger partial charge is 0.441 e. The molecule has 3 N–H and O–H groups in total. The lowest BCUT2D eigenvalue weighted by molar-refractivity contribution is 0.00872. The van der Waals surface area contributed by atoms with Crippen LogP contribution in [0.4, 0.5) is 15.3 Å². The summed E-state index contributed by atoms with van der Waals surface area (Å²) in [6.45, 7) is 0.568. The number of anilines is 1. The number of hydrogen-bond donors (Lipinski definition) is 3. The van der Waals surface area contributed by atoms with Crippen molar-refractivity contribution < 1.29 is 23.8 Å². The average Bonchev–Trinajstić information content (AvgIpc) is 3.38. The molecular formula is C24H29N3O5. The van der Waals surface area contributed by atoms with Gasteiger partial charge in [0, 0.05) is 11.4 Å². The number of fused-ring (bicyclic) bond motifs is 2. The number of amides is 3. The zero-order valence-electron chi connectivity index (χ0n) is 17.9. The van der Waals surface area contributed by atoms with Gasteiger partial charge in [0.25, 0.3) is 0 Å². The molecule has 1 aliphatic carbocycles. The highest BCUT2D eigenvalue weighted by atomic mass is 16.6. The van der Waals surface area contributed by atoms with E-state index < -0.39 is 18.3 Å². The van der Waals surface area contributed by atoms with Gasteiger partial charge in [-0.1, -0.05) is 55.7 Å². The zero-order valence-corrected chi connectivity index (χ0v) is 17.9. The molecule has 0 spiro atoms. The third-order valence-electron chi connectivity index (χ3n) is 6.55. The number of nitrogens with one attached hydrogen (secondary N) is 3. The van der Waals surface area contributed by atoms with Gasteiger partial charge in [0.2, 0.25) is 0 Å². The van der Waals surface area contributed by atoms with Crippen molar-refractivity contribution in [1.82, 2.24) is 10.6 Å². The number of hydrogen-bond acceptors (Lipinski definition) is 5. The molecule has 0 unspecified atom stereocenters. The van der Waals surface area contributed by atoms with E-state index in [2.05, 4.69) is 16.0 Å². The quantitative estimate of drug-likeness (QED) is 0.677. The molecule has 3 amide bonds. The van der Waals surface area contributed by atoms with E-state index in [1.54, 1.807) is 0 Å². The zero-order chi connectivity index (χ0) is 21.9. The molecule has 2 heterocycles. The molecule has 8 heteroatoms. The second-order valence-electron chi connectivity index (χ2n) is 8.75. The Morgan fingerprint density at radius 2 is 1.66 bits per heavy atom. The van der Waals surface area contributed by atoms with E-state index in [0.29, 0.717) is 12.3 Å². The molecule has 1 saturated carbocycles. The Morgan fingerprint density at radius 1 is 0.875 bits per heavy atom. The number of carbonyl (C=O) groups is 2. The Hall–Kier alpha value is -2.84. The maximum atomic E-state index is 12.6. The fraction of sp³-hybridized carbons (Fsp3) is 0.500. The molecule has 2 saturated heterocycles. The number of carbonyl (C=O) groups excluding carboxylic acids is 2. The van der Waals surface area contributed by atoms with E-state index in [0.717, 1.165) is 36.5 Å². The van der Waals surface area contributed by atoms with Gasteiger partial charge >= 0.3 is 12.1 Å². The first kappa shape index (κ1) is 21.0. The van der Waals surface area contributed by atoms with Crippen LogP contribution in [0.2, 0.25) is 0 Å². The highest BCUT2D eigenvalue weighted by molar-refractivity contribution is 6.00. The summed E-state index contributed by atoms with van der Waals surface area (Å²) in [5.74, 6) is 0. The number of benzene rings is 2. The number of rotatable bonds is 4. The van der Waals surface area contributed by atoms with Gasteiger partial charge in [0.15, 0.2) is 6.10 Å². The minimum absolute atomic E-state index is 0.187. The van der Waals surface area contributed by atoms with Gasteiger partial charge in [0.1, 0.15) is 12.2 Å². The van der Waals surface area contributed by atoms with E-state index in [4.69, 9.17) is 14.2 Å². The highest BCUT2D eigenvalue weighted by Gasteiger charge is 2.50. The van der Waals surface area contributed by atoms with Gasteiger partial charge in [-0.05, 0) is 24.3 Å². The molecule has 3 aliphatic rings. The van der Waals surface area contributed by atoms with Crippen LogP contribution in [0.3, 0.4) is 0 Å². The Bertz CT molecular complexity index is 972. The predicted molar refractivity (Wildman–Crippen MR) is 120 cm³/mol. The molecule has 32 heavy (non-hydrogen) atoms. The summed E-state index contributed by atoms with van der Waals surface area (Å²) in [5.41, 5.74) is 0.690. The van der Waals surface area contributed by atoms with E-state index >= 15 is 0 Å². The summed E-state index contributed by atoms with van der Waals surface area (Å²) in [6.07, 6.45) is 3.81. The van der Waals surface area contributed by atoms with Crippen LogP contribution in [0.15, 0.2) is 42.5 Å². The minimum atomic E-state index is -0.550. The molecule has 2 aromatic rings. The van der Waals surface area contributed by atoms with Gasteiger partial charge in [-0.15, -0.1) is 0 Å². The monoisotopic (exact) mass is 439 g/mol. The Balaban J connectivity index is 1.14. The minimum Gasteiger partial charge on any atom is -0.441 e. The predicted octanol–water partition coefficient (Wildman–Crippen LogP) is 3.56. The van der Waals surface area contributed by atoms with Crippen molar-refractivity contribution in [1.29, 1.82) is 0 Å². The lowest BCUT2D eigenvalue weighted by atomic mass is 9.96. The van der Waals surface area contributed by atoms with Crippen LogP contribution < -0.4 is 16.0 Å². The molecule has 0 aromatic heterocycles. The maximum absolute atomic E-state index is 12.6. The smallest absolute Gasteiger partial charge is 0.412 e. The Morgan fingerprint density at radius 3 is 2.53 bits per heavy atom. The van der Waals surface area contributed by atoms with Crippen molar-refractivity contribution >= 4 is 28.6 Å². The van der Waals surface area contributed by atoms with Crippen LogP contribution >= 0.6 is 0 Å². The maximum Gasteiger partial charge on any atom is 0.412 e. The van der Waals surface area contributed by atoms with Gasteiger partial charge in [-0.3, -0.25) is 5.32 Å². The first-order valence-corrected chi connectivity index (χ1v) is 11.4. The summed E-state index contributed by atoms with van der Waals surface area (Å²) in [6, 6.07) is 13.3. The lowest BCUT2D eigenvalue weighted by Gasteiger charge is -2.24. The molecule has 2 aromatic carbocycles. The second kappa shape index (κ2) is 9.34. The highest BCUT2D eigenvalue weighted by Crippen LogP contribution is 2.30. The molecule has 5 rings (SSSR count). The van der Waals surface area contributed by atoms with E-state index in [1.165, 1.54) is 6.42 Å². The standard InChI is InChI=1S/C24H29N3O5/c28-23(25-16-9-2-1-3-10-16)26-19-13-30-22-20(14-31-21(19)22)32-24(29)27-18-12-6-8-15-7-4-5-11-17(15)18/h4-8,11-12,16,19-22H,1-3,9-10,13-14H2,(H,27,29)(H2,25,26,28)/t19-,20+,21+,22+/m0/s1. The topological polar surface area (TPSA) is 97.9 Å². The lowest BCUT2D eigenvalue weighted by Crippen LogP contribution is -2.51. The molecular weight excluding hydrogens is 410 g/mol. The number of ether oxygens (including phenoxy) is 3. The second-order valence-corrected chi connectivity index (χ2v) is 8.75. The van der Waals surface area contributed by atoms with Gasteiger partial charge in [0.05, 0.1) is 24.9 Å². The van der Waals surface area contributed by atoms with E-state index in [-0.39, 0.29) is 30.8 Å². The Kier molecular flexibility index (Phi) is 6.14. The van der Waals surface area contributed by atoms with Crippen LogP contribution in [0.5, 0.6) is 0 Å². The molecule has 0 radical (unpaired) electrons. The average molecular weight is 440 g/mol. The molecule has 8 nitrogen and oxygen atoms in total. The summed E-state index contributed by atoms with van der Waals surface area (Å²) >= 11 is 0. The van der Waals surface area contributed by atoms with Crippen LogP contribution in [0.1, 0.15) is 32.1 Å². The first-order valence-electron chi connectivity index (χ1n) is 11.4. The van der Waals surface area contributed by atoms with Crippen LogP contribution in [-0.2, 0) is 14.2 Å². The first-order chi connectivity index (χ1) is 15.7. The molecule has 4 atom stereocenters. The summed E-state index contributed by atoms with van der Waals surface area (Å²) < 4.78 is 17.3. The SMILES string of the molecule is O=C(NC1CCCCC1)N[C@H]1CO[C@H]2[C@@H]1OC[C@H]2OC(=O)Nc1cccc2ccccc12. The van der Waals surface area contributed by atoms with Crippen molar-refractivity contribution in [3.63, 3.8) is 0 Å². The van der Waals surface area contributed by atoms with Gasteiger partial charge in [-0.2, -0.15) is 0 Å². The molecule has 3 fully saturated rings. The van der Waals surface area contributed by atoms with Crippen molar-refractivity contribution in [2.45, 2.75) is 62.5 Å². The van der Waals surface area contributed by atoms with Crippen molar-refractivity contribution in [3.05, 3.63) is 42.5 Å². The Labute approximate surface area is 187 Å². The summed E-state index contributed by atoms with van der Waals surface area (Å²) in [5, 5.41) is 10.8. The fourth-order valence-electron chi connectivity index (χ4n) is 4.94. The summed E-state index contributed by atoms with van der Waals surface area (Å²) in [4.78, 5) is 25.0. The third-order valence-corrected chi connectivity index (χ3v) is 6.55. The molecule has 170 valence electrons. The van der Waals surface area contributed by atoms with E-state index in [9.17, 15) is 9.59 Å². The van der Waals surface area contributed by atoms with Crippen molar-refractivity contribution in [2.75, 3.05) is 18.5 Å². The van der Waals surface area contributed by atoms with E-state index in [1.807, 2.05) is 42.5 Å². The normalized spacial score (nSPS) is 27.6.